The van der Waals surface area contributed by atoms with Crippen LogP contribution in [0.25, 0.3) is 0 Å². The zero-order chi connectivity index (χ0) is 23.3. The Bertz CT molecular complexity index is 831. The minimum atomic E-state index is -0.534. The lowest BCUT2D eigenvalue weighted by molar-refractivity contribution is -0.236. The quantitative estimate of drug-likeness (QED) is 0.461. The van der Waals surface area contributed by atoms with Gasteiger partial charge in [-0.2, -0.15) is 0 Å². The first kappa shape index (κ1) is 23.1. The molecule has 0 saturated heterocycles. The number of allylic oxidation sites excluding steroid dienone is 1. The number of Topliss-reactive ketones (excluding diaryl/α,β-unsaturated/α-hetero) is 1. The van der Waals surface area contributed by atoms with Gasteiger partial charge in [0.2, 0.25) is 0 Å². The Kier molecular flexibility index (Phi) is 5.03. The number of hydrogen-bond acceptors (Lipinski definition) is 2. The Morgan fingerprint density at radius 3 is 2.28 bits per heavy atom. The van der Waals surface area contributed by atoms with E-state index in [-0.39, 0.29) is 12.0 Å². The second-order valence-electron chi connectivity index (χ2n) is 14.3. The number of carbonyl (C=O) groups is 1. The molecule has 5 rings (SSSR count). The predicted octanol–water partition coefficient (Wildman–Crippen LogP) is 7.21. The lowest BCUT2D eigenvalue weighted by Crippen LogP contribution is -2.66. The first-order valence-corrected chi connectivity index (χ1v) is 13.7. The highest BCUT2D eigenvalue weighted by Gasteiger charge is 2.70. The lowest BCUT2D eigenvalue weighted by atomic mass is 9.32. The van der Waals surface area contributed by atoms with Gasteiger partial charge in [-0.05, 0) is 116 Å². The summed E-state index contributed by atoms with van der Waals surface area (Å²) in [6, 6.07) is 0. The van der Waals surface area contributed by atoms with Crippen LogP contribution in [0.3, 0.4) is 0 Å². The van der Waals surface area contributed by atoms with Crippen LogP contribution in [0.5, 0.6) is 0 Å². The van der Waals surface area contributed by atoms with E-state index in [2.05, 4.69) is 48.1 Å². The maximum absolute atomic E-state index is 13.0. The summed E-state index contributed by atoms with van der Waals surface area (Å²) in [4.78, 5) is 13.0. The third kappa shape index (κ3) is 2.60. The highest BCUT2D eigenvalue weighted by atomic mass is 16.3. The molecule has 0 aliphatic heterocycles. The van der Waals surface area contributed by atoms with Crippen LogP contribution >= 0.6 is 0 Å². The molecule has 0 aromatic carbocycles. The normalized spacial score (nSPS) is 57.2. The summed E-state index contributed by atoms with van der Waals surface area (Å²) in [7, 11) is 0. The lowest BCUT2D eigenvalue weighted by Gasteiger charge is -2.72. The summed E-state index contributed by atoms with van der Waals surface area (Å²) < 4.78 is 0. The minimum absolute atomic E-state index is 0.0239. The van der Waals surface area contributed by atoms with E-state index in [1.54, 1.807) is 0 Å². The predicted molar refractivity (Wildman–Crippen MR) is 131 cm³/mol. The summed E-state index contributed by atoms with van der Waals surface area (Å²) in [5.41, 5.74) is 2.29. The zero-order valence-electron chi connectivity index (χ0n) is 21.7. The second kappa shape index (κ2) is 6.96. The van der Waals surface area contributed by atoms with Gasteiger partial charge in [0.1, 0.15) is 5.78 Å². The molecule has 5 aliphatic rings. The molecule has 5 saturated carbocycles. The van der Waals surface area contributed by atoms with E-state index in [9.17, 15) is 9.90 Å². The molecule has 10 atom stereocenters. The number of fused-ring (bicyclic) bond motifs is 7. The second-order valence-corrected chi connectivity index (χ2v) is 14.3. The van der Waals surface area contributed by atoms with Crippen LogP contribution in [-0.4, -0.2) is 17.5 Å². The van der Waals surface area contributed by atoms with Crippen molar-refractivity contribution in [2.45, 2.75) is 106 Å². The molecule has 180 valence electrons. The van der Waals surface area contributed by atoms with Crippen molar-refractivity contribution >= 4 is 5.78 Å². The van der Waals surface area contributed by atoms with Crippen molar-refractivity contribution < 1.29 is 9.90 Å². The van der Waals surface area contributed by atoms with Crippen molar-refractivity contribution in [3.05, 3.63) is 12.2 Å². The summed E-state index contributed by atoms with van der Waals surface area (Å²) in [5.74, 6) is 3.64. The van der Waals surface area contributed by atoms with E-state index >= 15 is 0 Å². The summed E-state index contributed by atoms with van der Waals surface area (Å²) in [5, 5.41) is 10.4. The van der Waals surface area contributed by atoms with E-state index in [0.717, 1.165) is 24.7 Å². The van der Waals surface area contributed by atoms with Gasteiger partial charge in [0.25, 0.3) is 0 Å². The van der Waals surface area contributed by atoms with Gasteiger partial charge in [-0.15, -0.1) is 0 Å². The molecule has 5 fully saturated rings. The van der Waals surface area contributed by atoms with Crippen LogP contribution in [0, 0.1) is 56.7 Å². The molecule has 2 heteroatoms. The first-order valence-electron chi connectivity index (χ1n) is 13.7. The van der Waals surface area contributed by atoms with E-state index in [4.69, 9.17) is 0 Å². The van der Waals surface area contributed by atoms with Crippen LogP contribution in [0.15, 0.2) is 12.2 Å². The largest absolute Gasteiger partial charge is 0.395 e. The molecule has 5 aliphatic carbocycles. The molecular weight excluding hydrogens is 392 g/mol. The number of aliphatic hydroxyl groups is 1. The summed E-state index contributed by atoms with van der Waals surface area (Å²) >= 11 is 0. The topological polar surface area (TPSA) is 37.3 Å². The van der Waals surface area contributed by atoms with Gasteiger partial charge in [-0.1, -0.05) is 46.8 Å². The molecule has 2 nitrogen and oxygen atoms in total. The van der Waals surface area contributed by atoms with Gasteiger partial charge < -0.3 is 5.11 Å². The maximum Gasteiger partial charge on any atom is 0.141 e. The van der Waals surface area contributed by atoms with Crippen LogP contribution in [0.4, 0.5) is 0 Å². The summed E-state index contributed by atoms with van der Waals surface area (Å²) in [6.45, 7) is 19.3. The smallest absolute Gasteiger partial charge is 0.141 e. The monoisotopic (exact) mass is 440 g/mol. The third-order valence-corrected chi connectivity index (χ3v) is 13.4. The average Bonchev–Trinajstić information content (AvgIpc) is 3.09. The Hall–Kier alpha value is -0.630. The van der Waals surface area contributed by atoms with Gasteiger partial charge >= 0.3 is 0 Å². The van der Waals surface area contributed by atoms with Gasteiger partial charge in [-0.3, -0.25) is 4.79 Å². The Balaban J connectivity index is 1.55. The standard InChI is InChI=1S/C30H48O2/c1-19(2)20-10-13-26(3)16-17-29(6)21(25(20)26)8-9-23-27(4)14-12-24(32)28(5,18-31)22(27)11-15-30(23,29)7/h20-23,25,31H,1,8-18H2,2-7H3/t20-,21+,22+,23+,25+,26+,27-,28+,29+,30+/m0/s1. The number of rotatable bonds is 2. The van der Waals surface area contributed by atoms with E-state index in [1.807, 2.05) is 0 Å². The van der Waals surface area contributed by atoms with Crippen molar-refractivity contribution in [2.75, 3.05) is 6.61 Å². The van der Waals surface area contributed by atoms with Crippen molar-refractivity contribution in [2.24, 2.45) is 56.7 Å². The Morgan fingerprint density at radius 1 is 0.906 bits per heavy atom. The third-order valence-electron chi connectivity index (χ3n) is 13.4. The SMILES string of the molecule is C=C(C)[C@@H]1CC[C@]2(C)CC[C@]3(C)[C@H](CC[C@@H]4[C@@]5(C)CCC(=O)[C@](C)(CO)[C@@H]5CC[C@]43C)[C@@H]12. The molecule has 32 heavy (non-hydrogen) atoms. The molecule has 0 radical (unpaired) electrons. The fourth-order valence-electron chi connectivity index (χ4n) is 11.3. The molecule has 0 spiro atoms. The fraction of sp³-hybridized carbons (Fsp3) is 0.900. The zero-order valence-corrected chi connectivity index (χ0v) is 21.7. The van der Waals surface area contributed by atoms with Crippen LogP contribution in [-0.2, 0) is 4.79 Å². The molecule has 0 aromatic heterocycles. The van der Waals surface area contributed by atoms with Crippen LogP contribution in [0.1, 0.15) is 106 Å². The molecule has 0 bridgehead atoms. The molecule has 0 amide bonds. The minimum Gasteiger partial charge on any atom is -0.395 e. The van der Waals surface area contributed by atoms with Crippen molar-refractivity contribution in [1.82, 2.24) is 0 Å². The molecule has 0 unspecified atom stereocenters. The fourth-order valence-corrected chi connectivity index (χ4v) is 11.3. The van der Waals surface area contributed by atoms with E-state index in [0.29, 0.717) is 46.2 Å². The molecule has 1 N–H and O–H groups in total. The Labute approximate surface area is 197 Å². The van der Waals surface area contributed by atoms with Crippen molar-refractivity contribution in [3.8, 4) is 0 Å². The number of ketones is 1. The van der Waals surface area contributed by atoms with Crippen LogP contribution in [0.2, 0.25) is 0 Å². The number of carbonyl (C=O) groups excluding carboxylic acids is 1. The van der Waals surface area contributed by atoms with Gasteiger partial charge in [-0.25, -0.2) is 0 Å². The Morgan fingerprint density at radius 2 is 1.62 bits per heavy atom. The highest BCUT2D eigenvalue weighted by molar-refractivity contribution is 5.86. The van der Waals surface area contributed by atoms with Crippen molar-refractivity contribution in [3.63, 3.8) is 0 Å². The van der Waals surface area contributed by atoms with E-state index < -0.39 is 5.41 Å². The average molecular weight is 441 g/mol. The van der Waals surface area contributed by atoms with Gasteiger partial charge in [0, 0.05) is 6.42 Å². The number of aliphatic hydroxyl groups excluding tert-OH is 1. The summed E-state index contributed by atoms with van der Waals surface area (Å²) in [6.07, 6.45) is 12.2. The maximum atomic E-state index is 13.0. The first-order chi connectivity index (χ1) is 14.9. The number of hydrogen-bond donors (Lipinski definition) is 1. The highest BCUT2D eigenvalue weighted by Crippen LogP contribution is 2.77. The molecular formula is C30H48O2. The molecule has 0 aromatic rings. The van der Waals surface area contributed by atoms with E-state index in [1.165, 1.54) is 50.5 Å². The van der Waals surface area contributed by atoms with Crippen molar-refractivity contribution in [1.29, 1.82) is 0 Å². The van der Waals surface area contributed by atoms with Gasteiger partial charge in [0.05, 0.1) is 12.0 Å². The van der Waals surface area contributed by atoms with Crippen LogP contribution < -0.4 is 0 Å². The molecule has 0 heterocycles. The van der Waals surface area contributed by atoms with Gasteiger partial charge in [0.15, 0.2) is 0 Å².